The van der Waals surface area contributed by atoms with Gasteiger partial charge in [-0.05, 0) is 41.3 Å². The molecule has 1 aromatic heterocycles. The molecule has 8 heteroatoms. The molecule has 0 aliphatic heterocycles. The molecule has 154 valence electrons. The fraction of sp³-hybridized carbons (Fsp3) is 0.136. The van der Waals surface area contributed by atoms with E-state index in [1.165, 1.54) is 23.3 Å². The first kappa shape index (κ1) is 21.1. The Hall–Kier alpha value is -3.65. The molecule has 3 aromatic rings. The van der Waals surface area contributed by atoms with Gasteiger partial charge in [-0.1, -0.05) is 30.3 Å². The Labute approximate surface area is 178 Å². The van der Waals surface area contributed by atoms with Crippen LogP contribution >= 0.6 is 11.3 Å². The number of nitrogens with zero attached hydrogens (tertiary/aromatic N) is 1. The summed E-state index contributed by atoms with van der Waals surface area (Å²) in [6.07, 6.45) is -0.547. The Balaban J connectivity index is 1.67. The topological polar surface area (TPSA) is 87.7 Å². The number of ether oxygens (including phenoxy) is 1. The lowest BCUT2D eigenvalue weighted by atomic mass is 10.1. The zero-order valence-electron chi connectivity index (χ0n) is 16.5. The number of carbonyl (C=O) groups is 3. The fourth-order valence-electron chi connectivity index (χ4n) is 2.79. The van der Waals surface area contributed by atoms with Crippen molar-refractivity contribution in [3.8, 4) is 0 Å². The molecule has 2 aromatic carbocycles. The minimum Gasteiger partial charge on any atom is -0.453 e. The summed E-state index contributed by atoms with van der Waals surface area (Å²) in [4.78, 5) is 38.8. The van der Waals surface area contributed by atoms with Crippen molar-refractivity contribution in [2.45, 2.75) is 6.54 Å². The number of amides is 3. The molecule has 0 aliphatic rings. The minimum absolute atomic E-state index is 0.168. The Morgan fingerprint density at radius 3 is 2.40 bits per heavy atom. The van der Waals surface area contributed by atoms with Crippen LogP contribution in [-0.4, -0.2) is 32.1 Å². The Kier molecular flexibility index (Phi) is 6.82. The highest BCUT2D eigenvalue weighted by Crippen LogP contribution is 2.23. The highest BCUT2D eigenvalue weighted by molar-refractivity contribution is 7.12. The zero-order valence-corrected chi connectivity index (χ0v) is 17.4. The first-order chi connectivity index (χ1) is 14.5. The normalized spacial score (nSPS) is 10.2. The number of carbonyl (C=O) groups excluding carboxylic acids is 3. The number of nitrogens with one attached hydrogen (secondary N) is 2. The van der Waals surface area contributed by atoms with Crippen LogP contribution < -0.4 is 15.5 Å². The Morgan fingerprint density at radius 1 is 1.00 bits per heavy atom. The standard InChI is InChI=1S/C22H21N3O4S/c1-25(21(27)19-8-5-13-30-19)18-7-4-3-6-17(18)20(26)23-14-15-9-11-16(12-10-15)24-22(28)29-2/h3-13H,14H2,1-2H3,(H,23,26)(H,24,28). The van der Waals surface area contributed by atoms with Crippen molar-refractivity contribution < 1.29 is 19.1 Å². The molecule has 0 bridgehead atoms. The van der Waals surface area contributed by atoms with Gasteiger partial charge in [0, 0.05) is 19.3 Å². The third-order valence-electron chi connectivity index (χ3n) is 4.39. The molecule has 1 heterocycles. The van der Waals surface area contributed by atoms with Gasteiger partial charge in [0.05, 0.1) is 23.2 Å². The quantitative estimate of drug-likeness (QED) is 0.624. The van der Waals surface area contributed by atoms with Gasteiger partial charge in [0.15, 0.2) is 0 Å². The van der Waals surface area contributed by atoms with E-state index in [9.17, 15) is 14.4 Å². The van der Waals surface area contributed by atoms with E-state index in [1.807, 2.05) is 11.4 Å². The lowest BCUT2D eigenvalue weighted by molar-refractivity contribution is 0.0951. The predicted octanol–water partition coefficient (Wildman–Crippen LogP) is 4.13. The van der Waals surface area contributed by atoms with Gasteiger partial charge in [0.2, 0.25) is 0 Å². The van der Waals surface area contributed by atoms with Gasteiger partial charge in [0.25, 0.3) is 11.8 Å². The van der Waals surface area contributed by atoms with Gasteiger partial charge in [0.1, 0.15) is 0 Å². The molecule has 7 nitrogen and oxygen atoms in total. The average Bonchev–Trinajstić information content (AvgIpc) is 3.32. The molecule has 0 saturated heterocycles. The van der Waals surface area contributed by atoms with Crippen LogP contribution in [0.25, 0.3) is 0 Å². The van der Waals surface area contributed by atoms with Crippen LogP contribution in [0.5, 0.6) is 0 Å². The number of rotatable bonds is 6. The summed E-state index contributed by atoms with van der Waals surface area (Å²) in [7, 11) is 2.95. The lowest BCUT2D eigenvalue weighted by Gasteiger charge is -2.20. The van der Waals surface area contributed by atoms with E-state index in [0.29, 0.717) is 28.4 Å². The average molecular weight is 423 g/mol. The van der Waals surface area contributed by atoms with Crippen molar-refractivity contribution in [2.24, 2.45) is 0 Å². The van der Waals surface area contributed by atoms with E-state index in [1.54, 1.807) is 61.6 Å². The molecule has 3 rings (SSSR count). The van der Waals surface area contributed by atoms with Gasteiger partial charge in [-0.15, -0.1) is 11.3 Å². The molecule has 0 fully saturated rings. The number of benzene rings is 2. The van der Waals surface area contributed by atoms with E-state index < -0.39 is 6.09 Å². The highest BCUT2D eigenvalue weighted by Gasteiger charge is 2.20. The fourth-order valence-corrected chi connectivity index (χ4v) is 3.48. The Bertz CT molecular complexity index is 1030. The SMILES string of the molecule is COC(=O)Nc1ccc(CNC(=O)c2ccccc2N(C)C(=O)c2cccs2)cc1. The number of thiophene rings is 1. The van der Waals surface area contributed by atoms with E-state index in [-0.39, 0.29) is 11.8 Å². The first-order valence-corrected chi connectivity index (χ1v) is 10.00. The summed E-state index contributed by atoms with van der Waals surface area (Å²) in [5, 5.41) is 7.27. The van der Waals surface area contributed by atoms with Crippen molar-refractivity contribution in [2.75, 3.05) is 24.4 Å². The second kappa shape index (κ2) is 9.71. The largest absolute Gasteiger partial charge is 0.453 e. The maximum atomic E-state index is 12.8. The van der Waals surface area contributed by atoms with E-state index in [0.717, 1.165) is 5.56 Å². The van der Waals surface area contributed by atoms with Crippen molar-refractivity contribution in [1.29, 1.82) is 0 Å². The van der Waals surface area contributed by atoms with Crippen LogP contribution in [-0.2, 0) is 11.3 Å². The van der Waals surface area contributed by atoms with Crippen molar-refractivity contribution in [3.05, 3.63) is 82.0 Å². The minimum atomic E-state index is -0.547. The van der Waals surface area contributed by atoms with Crippen LogP contribution in [0.4, 0.5) is 16.2 Å². The summed E-state index contributed by atoms with van der Waals surface area (Å²) < 4.78 is 4.55. The van der Waals surface area contributed by atoms with Crippen molar-refractivity contribution in [3.63, 3.8) is 0 Å². The first-order valence-electron chi connectivity index (χ1n) is 9.12. The summed E-state index contributed by atoms with van der Waals surface area (Å²) in [5.74, 6) is -0.452. The second-order valence-electron chi connectivity index (χ2n) is 6.35. The van der Waals surface area contributed by atoms with Crippen LogP contribution in [0.3, 0.4) is 0 Å². The molecule has 0 saturated carbocycles. The molecule has 2 N–H and O–H groups in total. The van der Waals surface area contributed by atoms with Crippen LogP contribution in [0.1, 0.15) is 25.6 Å². The number of para-hydroxylation sites is 1. The molecular formula is C22H21N3O4S. The van der Waals surface area contributed by atoms with Crippen molar-refractivity contribution >= 4 is 40.6 Å². The number of anilines is 2. The zero-order chi connectivity index (χ0) is 21.5. The third kappa shape index (κ3) is 5.03. The maximum Gasteiger partial charge on any atom is 0.411 e. The molecule has 0 spiro atoms. The van der Waals surface area contributed by atoms with Gasteiger partial charge in [-0.3, -0.25) is 14.9 Å². The third-order valence-corrected chi connectivity index (χ3v) is 5.24. The van der Waals surface area contributed by atoms with Gasteiger partial charge in [-0.25, -0.2) is 4.79 Å². The number of methoxy groups -OCH3 is 1. The van der Waals surface area contributed by atoms with Gasteiger partial charge < -0.3 is 15.0 Å². The molecule has 0 atom stereocenters. The predicted molar refractivity (Wildman–Crippen MR) is 117 cm³/mol. The summed E-state index contributed by atoms with van der Waals surface area (Å²) in [6.45, 7) is 0.300. The molecular weight excluding hydrogens is 402 g/mol. The van der Waals surface area contributed by atoms with Gasteiger partial charge in [-0.2, -0.15) is 0 Å². The summed E-state index contributed by atoms with van der Waals surface area (Å²) in [6, 6.07) is 17.6. The van der Waals surface area contributed by atoms with Crippen LogP contribution in [0.15, 0.2) is 66.0 Å². The summed E-state index contributed by atoms with van der Waals surface area (Å²) >= 11 is 1.36. The number of hydrogen-bond donors (Lipinski definition) is 2. The van der Waals surface area contributed by atoms with Crippen molar-refractivity contribution in [1.82, 2.24) is 5.32 Å². The molecule has 0 unspecified atom stereocenters. The number of hydrogen-bond acceptors (Lipinski definition) is 5. The van der Waals surface area contributed by atoms with Crippen LogP contribution in [0.2, 0.25) is 0 Å². The molecule has 0 aliphatic carbocycles. The molecule has 0 radical (unpaired) electrons. The van der Waals surface area contributed by atoms with E-state index in [2.05, 4.69) is 15.4 Å². The Morgan fingerprint density at radius 2 is 1.73 bits per heavy atom. The molecule has 30 heavy (non-hydrogen) atoms. The van der Waals surface area contributed by atoms with E-state index in [4.69, 9.17) is 0 Å². The maximum absolute atomic E-state index is 12.8. The lowest BCUT2D eigenvalue weighted by Crippen LogP contribution is -2.30. The van der Waals surface area contributed by atoms with Crippen LogP contribution in [0, 0.1) is 0 Å². The monoisotopic (exact) mass is 423 g/mol. The van der Waals surface area contributed by atoms with E-state index >= 15 is 0 Å². The highest BCUT2D eigenvalue weighted by atomic mass is 32.1. The molecule has 3 amide bonds. The smallest absolute Gasteiger partial charge is 0.411 e. The summed E-state index contributed by atoms with van der Waals surface area (Å²) in [5.41, 5.74) is 2.40. The second-order valence-corrected chi connectivity index (χ2v) is 7.30. The van der Waals surface area contributed by atoms with Gasteiger partial charge >= 0.3 is 6.09 Å².